The Morgan fingerprint density at radius 2 is 2.08 bits per heavy atom. The number of aryl methyl sites for hydroxylation is 3. The summed E-state index contributed by atoms with van der Waals surface area (Å²) in [6.45, 7) is 4.14. The lowest BCUT2D eigenvalue weighted by Gasteiger charge is -2.17. The minimum Gasteiger partial charge on any atom is -0.375 e. The Bertz CT molecular complexity index is 1090. The third-order valence-corrected chi connectivity index (χ3v) is 5.33. The molecule has 1 aliphatic rings. The van der Waals surface area contributed by atoms with Gasteiger partial charge in [0.1, 0.15) is 12.7 Å². The van der Waals surface area contributed by atoms with Crippen LogP contribution in [0.15, 0.2) is 49.2 Å². The van der Waals surface area contributed by atoms with Crippen LogP contribution >= 0.6 is 0 Å². The Hall–Kier alpha value is -3.15. The van der Waals surface area contributed by atoms with E-state index in [1.807, 2.05) is 6.92 Å². The first kappa shape index (κ1) is 15.1. The molecule has 5 rings (SSSR count). The van der Waals surface area contributed by atoms with Crippen LogP contribution in [-0.4, -0.2) is 24.1 Å². The van der Waals surface area contributed by atoms with Crippen molar-refractivity contribution in [2.45, 2.75) is 32.7 Å². The summed E-state index contributed by atoms with van der Waals surface area (Å²) in [5.74, 6) is 0. The number of anilines is 1. The summed E-state index contributed by atoms with van der Waals surface area (Å²) in [4.78, 5) is 8.86. The van der Waals surface area contributed by atoms with E-state index >= 15 is 0 Å². The van der Waals surface area contributed by atoms with Crippen LogP contribution in [0.2, 0.25) is 0 Å². The summed E-state index contributed by atoms with van der Waals surface area (Å²) in [6, 6.07) is 11.1. The molecular formula is C20H20N6. The average molecular weight is 344 g/mol. The second-order valence-electron chi connectivity index (χ2n) is 6.86. The van der Waals surface area contributed by atoms with Crippen LogP contribution in [0.3, 0.4) is 0 Å². The summed E-state index contributed by atoms with van der Waals surface area (Å²) < 4.78 is 3.91. The summed E-state index contributed by atoms with van der Waals surface area (Å²) in [6.07, 6.45) is 7.54. The molecule has 3 heterocycles. The van der Waals surface area contributed by atoms with Crippen molar-refractivity contribution >= 4 is 11.3 Å². The van der Waals surface area contributed by atoms with Crippen molar-refractivity contribution in [1.29, 1.82) is 0 Å². The molecule has 4 aromatic rings. The molecule has 3 aromatic heterocycles. The van der Waals surface area contributed by atoms with Gasteiger partial charge in [0.15, 0.2) is 5.65 Å². The highest BCUT2D eigenvalue weighted by Gasteiger charge is 2.23. The first-order valence-corrected chi connectivity index (χ1v) is 8.89. The van der Waals surface area contributed by atoms with Gasteiger partial charge in [-0.25, -0.2) is 14.6 Å². The lowest BCUT2D eigenvalue weighted by atomic mass is 10.1. The number of aromatic nitrogens is 5. The topological polar surface area (TPSA) is 60.0 Å². The molecule has 0 aliphatic heterocycles. The fourth-order valence-electron chi connectivity index (χ4n) is 3.82. The SMILES string of the molecule is Cc1nc2c(N[C@H]3CCc4ccccc43)cc(-n3cncn3)cn2c1C. The largest absolute Gasteiger partial charge is 0.375 e. The van der Waals surface area contributed by atoms with Crippen molar-refractivity contribution < 1.29 is 0 Å². The Kier molecular flexibility index (Phi) is 3.31. The van der Waals surface area contributed by atoms with E-state index in [2.05, 4.69) is 63.3 Å². The maximum atomic E-state index is 4.79. The van der Waals surface area contributed by atoms with Gasteiger partial charge in [0, 0.05) is 11.9 Å². The molecule has 0 saturated heterocycles. The van der Waals surface area contributed by atoms with Crippen LogP contribution in [0.25, 0.3) is 11.3 Å². The molecule has 6 heteroatoms. The molecule has 1 atom stereocenters. The molecule has 1 N–H and O–H groups in total. The molecule has 0 amide bonds. The number of rotatable bonds is 3. The second-order valence-corrected chi connectivity index (χ2v) is 6.86. The van der Waals surface area contributed by atoms with E-state index in [0.29, 0.717) is 6.04 Å². The van der Waals surface area contributed by atoms with Crippen molar-refractivity contribution in [2.75, 3.05) is 5.32 Å². The zero-order valence-corrected chi connectivity index (χ0v) is 14.8. The summed E-state index contributed by atoms with van der Waals surface area (Å²) >= 11 is 0. The standard InChI is InChI=1S/C20H20N6/c1-13-14(2)25-10-16(26-12-21-11-22-26)9-19(20(25)23-13)24-18-8-7-15-5-3-4-6-17(15)18/h3-6,9-12,18,24H,7-8H2,1-2H3/t18-/m0/s1. The summed E-state index contributed by atoms with van der Waals surface area (Å²) in [5.41, 5.74) is 7.93. The molecular weight excluding hydrogens is 324 g/mol. The van der Waals surface area contributed by atoms with E-state index in [0.717, 1.165) is 41.3 Å². The van der Waals surface area contributed by atoms with Gasteiger partial charge in [0.2, 0.25) is 0 Å². The molecule has 1 aromatic carbocycles. The van der Waals surface area contributed by atoms with Gasteiger partial charge in [-0.1, -0.05) is 24.3 Å². The van der Waals surface area contributed by atoms with E-state index in [-0.39, 0.29) is 0 Å². The summed E-state index contributed by atoms with van der Waals surface area (Å²) in [5, 5.41) is 8.02. The number of hydrogen-bond donors (Lipinski definition) is 1. The van der Waals surface area contributed by atoms with Crippen molar-refractivity contribution in [3.63, 3.8) is 0 Å². The molecule has 0 fully saturated rings. The molecule has 130 valence electrons. The highest BCUT2D eigenvalue weighted by molar-refractivity contribution is 5.72. The van der Waals surface area contributed by atoms with Crippen molar-refractivity contribution in [3.8, 4) is 5.69 Å². The number of imidazole rings is 1. The fourth-order valence-corrected chi connectivity index (χ4v) is 3.82. The van der Waals surface area contributed by atoms with Crippen LogP contribution in [0.1, 0.15) is 35.0 Å². The van der Waals surface area contributed by atoms with E-state index in [1.165, 1.54) is 11.1 Å². The monoisotopic (exact) mass is 344 g/mol. The first-order valence-electron chi connectivity index (χ1n) is 8.89. The molecule has 0 saturated carbocycles. The van der Waals surface area contributed by atoms with Gasteiger partial charge in [-0.3, -0.25) is 0 Å². The zero-order valence-electron chi connectivity index (χ0n) is 14.8. The number of hydrogen-bond acceptors (Lipinski definition) is 4. The Morgan fingerprint density at radius 1 is 1.19 bits per heavy atom. The predicted octanol–water partition coefficient (Wildman–Crippen LogP) is 3.63. The van der Waals surface area contributed by atoms with E-state index < -0.39 is 0 Å². The van der Waals surface area contributed by atoms with Crippen LogP contribution in [0.4, 0.5) is 5.69 Å². The average Bonchev–Trinajstić information content (AvgIpc) is 3.37. The third-order valence-electron chi connectivity index (χ3n) is 5.33. The van der Waals surface area contributed by atoms with Crippen molar-refractivity contribution in [1.82, 2.24) is 24.1 Å². The van der Waals surface area contributed by atoms with Crippen molar-refractivity contribution in [2.24, 2.45) is 0 Å². The van der Waals surface area contributed by atoms with Gasteiger partial charge in [-0.2, -0.15) is 5.10 Å². The van der Waals surface area contributed by atoms with Crippen molar-refractivity contribution in [3.05, 3.63) is 71.7 Å². The number of benzene rings is 1. The summed E-state index contributed by atoms with van der Waals surface area (Å²) in [7, 11) is 0. The first-order chi connectivity index (χ1) is 12.7. The van der Waals surface area contributed by atoms with Crippen LogP contribution in [-0.2, 0) is 6.42 Å². The highest BCUT2D eigenvalue weighted by Crippen LogP contribution is 2.35. The van der Waals surface area contributed by atoms with Crippen LogP contribution in [0, 0.1) is 13.8 Å². The lowest BCUT2D eigenvalue weighted by Crippen LogP contribution is -2.10. The van der Waals surface area contributed by atoms with Gasteiger partial charge in [-0.15, -0.1) is 0 Å². The molecule has 1 aliphatic carbocycles. The van der Waals surface area contributed by atoms with Gasteiger partial charge >= 0.3 is 0 Å². The maximum Gasteiger partial charge on any atom is 0.160 e. The van der Waals surface area contributed by atoms with Crippen LogP contribution in [0.5, 0.6) is 0 Å². The van der Waals surface area contributed by atoms with Gasteiger partial charge in [0.05, 0.1) is 23.1 Å². The predicted molar refractivity (Wildman–Crippen MR) is 101 cm³/mol. The molecule has 6 nitrogen and oxygen atoms in total. The number of pyridine rings is 1. The normalized spacial score (nSPS) is 16.2. The Morgan fingerprint density at radius 3 is 2.92 bits per heavy atom. The van der Waals surface area contributed by atoms with E-state index in [1.54, 1.807) is 17.3 Å². The number of nitrogens with zero attached hydrogens (tertiary/aromatic N) is 5. The number of fused-ring (bicyclic) bond motifs is 2. The van der Waals surface area contributed by atoms with Gasteiger partial charge < -0.3 is 9.72 Å². The second kappa shape index (κ2) is 5.69. The van der Waals surface area contributed by atoms with Gasteiger partial charge in [0.25, 0.3) is 0 Å². The lowest BCUT2D eigenvalue weighted by molar-refractivity contribution is 0.761. The van der Waals surface area contributed by atoms with Crippen LogP contribution < -0.4 is 5.32 Å². The van der Waals surface area contributed by atoms with Gasteiger partial charge in [-0.05, 0) is 43.9 Å². The molecule has 26 heavy (non-hydrogen) atoms. The molecule has 0 radical (unpaired) electrons. The Labute approximate surface area is 151 Å². The quantitative estimate of drug-likeness (QED) is 0.616. The highest BCUT2D eigenvalue weighted by atomic mass is 15.3. The molecule has 0 spiro atoms. The molecule has 0 bridgehead atoms. The maximum absolute atomic E-state index is 4.79. The minimum absolute atomic E-state index is 0.304. The third kappa shape index (κ3) is 2.29. The fraction of sp³-hybridized carbons (Fsp3) is 0.250. The smallest absolute Gasteiger partial charge is 0.160 e. The number of nitrogens with one attached hydrogen (secondary N) is 1. The molecule has 0 unspecified atom stereocenters. The van der Waals surface area contributed by atoms with E-state index in [4.69, 9.17) is 4.98 Å². The minimum atomic E-state index is 0.304. The Balaban J connectivity index is 1.64. The van der Waals surface area contributed by atoms with E-state index in [9.17, 15) is 0 Å². The zero-order chi connectivity index (χ0) is 17.7.